The van der Waals surface area contributed by atoms with E-state index in [1.54, 1.807) is 0 Å². The molecular formula is C50H8N4O. The number of nitrogens with two attached hydrogens (primary N) is 1. The fourth-order valence-corrected chi connectivity index (χ4v) is 2.17. The third-order valence-electron chi connectivity index (χ3n) is 4.09. The molecule has 1 heterocycles. The zero-order valence-electron chi connectivity index (χ0n) is 27.8. The number of hydrogen-bond acceptors (Lipinski definition) is 4. The maximum atomic E-state index is 13.0. The fourth-order valence-electron chi connectivity index (χ4n) is 2.17. The SMILES string of the molecule is C#CC#CC#CC#CC#CC#CC#CC#CC#CC#CC#CN(C#CC#CC#CC#CC#CC#CC#CC#CC#CC#CC#C)C(=O)c1ccc(NN)nc1. The maximum absolute atomic E-state index is 13.0. The highest BCUT2D eigenvalue weighted by molar-refractivity contribution is 5.96. The second-order valence-corrected chi connectivity index (χ2v) is 7.48. The molecule has 1 aromatic heterocycles. The molecule has 0 atom stereocenters. The van der Waals surface area contributed by atoms with Crippen LogP contribution in [0, 0.1) is 262 Å². The second kappa shape index (κ2) is 32.6. The van der Waals surface area contributed by atoms with E-state index in [0.717, 1.165) is 4.90 Å². The van der Waals surface area contributed by atoms with Gasteiger partial charge in [-0.2, -0.15) is 4.90 Å². The summed E-state index contributed by atoms with van der Waals surface area (Å²) < 4.78 is 0. The lowest BCUT2D eigenvalue weighted by atomic mass is 10.2. The first-order chi connectivity index (χ1) is 27.2. The van der Waals surface area contributed by atoms with Crippen LogP contribution in [0.15, 0.2) is 18.3 Å². The van der Waals surface area contributed by atoms with Crippen LogP contribution in [-0.4, -0.2) is 15.8 Å². The van der Waals surface area contributed by atoms with Crippen LogP contribution in [0.5, 0.6) is 0 Å². The molecule has 0 fully saturated rings. The van der Waals surface area contributed by atoms with Crippen molar-refractivity contribution >= 4 is 11.7 Å². The summed E-state index contributed by atoms with van der Waals surface area (Å²) in [6.45, 7) is 0. The number of rotatable bonds is 2. The molecule has 234 valence electrons. The molecule has 0 aliphatic rings. The highest BCUT2D eigenvalue weighted by Crippen LogP contribution is 2.06. The van der Waals surface area contributed by atoms with Crippen LogP contribution in [0.25, 0.3) is 0 Å². The predicted octanol–water partition coefficient (Wildman–Crippen LogP) is 0.0588. The summed E-state index contributed by atoms with van der Waals surface area (Å²) in [6.07, 6.45) is 11.2. The molecule has 0 aromatic carbocycles. The van der Waals surface area contributed by atoms with Crippen LogP contribution in [-0.2, 0) is 0 Å². The van der Waals surface area contributed by atoms with Gasteiger partial charge < -0.3 is 5.43 Å². The Morgan fingerprint density at radius 2 is 0.691 bits per heavy atom. The van der Waals surface area contributed by atoms with Crippen molar-refractivity contribution < 1.29 is 4.79 Å². The second-order valence-electron chi connectivity index (χ2n) is 7.48. The van der Waals surface area contributed by atoms with E-state index in [2.05, 4.69) is 259 Å². The number of amides is 1. The first-order valence-corrected chi connectivity index (χ1v) is 13.9. The largest absolute Gasteiger partial charge is 0.308 e. The summed E-state index contributed by atoms with van der Waals surface area (Å²) in [4.78, 5) is 17.8. The number of pyridine rings is 1. The summed E-state index contributed by atoms with van der Waals surface area (Å²) in [5.74, 6) is 103. The molecule has 0 unspecified atom stereocenters. The van der Waals surface area contributed by atoms with Gasteiger partial charge in [-0.15, -0.1) is 12.8 Å². The van der Waals surface area contributed by atoms with Gasteiger partial charge in [-0.3, -0.25) is 4.79 Å². The van der Waals surface area contributed by atoms with E-state index in [1.165, 1.54) is 18.3 Å². The van der Waals surface area contributed by atoms with Crippen LogP contribution in [0.2, 0.25) is 0 Å². The number of anilines is 1. The van der Waals surface area contributed by atoms with Crippen LogP contribution in [0.4, 0.5) is 5.82 Å². The van der Waals surface area contributed by atoms with Gasteiger partial charge in [0.05, 0.1) is 5.56 Å². The quantitative estimate of drug-likeness (QED) is 0.201. The van der Waals surface area contributed by atoms with E-state index >= 15 is 0 Å². The standard InChI is InChI=1S/C50H8N4O/c1-3-5-7-9-11-13-15-17-19-21-23-25-27-29-31-33-35-37-39-41-45-54(50(55)48-43-44-49(53-51)52-47-48)46-42-40-38-36-34-32-30-28-26-24-22-20-18-16-14-12-10-8-6-4-2/h1-2,43-44,47H,51H2,(H,52,53). The summed E-state index contributed by atoms with van der Waals surface area (Å²) >= 11 is 0. The van der Waals surface area contributed by atoms with E-state index in [9.17, 15) is 4.79 Å². The Hall–Kier alpha value is -11.3. The molecule has 0 aliphatic heterocycles. The lowest BCUT2D eigenvalue weighted by molar-refractivity contribution is 0.0886. The fraction of sp³-hybridized carbons (Fsp3) is 0. The number of carbonyl (C=O) groups excluding carboxylic acids is 1. The van der Waals surface area contributed by atoms with Crippen LogP contribution >= 0.6 is 0 Å². The molecule has 0 aliphatic carbocycles. The first kappa shape index (κ1) is 41.7. The number of terminal acetylenes is 2. The highest BCUT2D eigenvalue weighted by atomic mass is 16.2. The molecule has 0 radical (unpaired) electrons. The van der Waals surface area contributed by atoms with Crippen molar-refractivity contribution in [3.8, 4) is 262 Å². The van der Waals surface area contributed by atoms with Crippen LogP contribution in [0.3, 0.4) is 0 Å². The smallest absolute Gasteiger partial charge is 0.279 e. The topological polar surface area (TPSA) is 71.2 Å². The van der Waals surface area contributed by atoms with Crippen molar-refractivity contribution in [3.05, 3.63) is 23.9 Å². The summed E-state index contributed by atoms with van der Waals surface area (Å²) in [5, 5.41) is 0. The Bertz CT molecular complexity index is 2990. The van der Waals surface area contributed by atoms with Crippen molar-refractivity contribution in [2.75, 3.05) is 5.43 Å². The van der Waals surface area contributed by atoms with E-state index < -0.39 is 5.91 Å². The van der Waals surface area contributed by atoms with Gasteiger partial charge in [0.25, 0.3) is 5.91 Å². The van der Waals surface area contributed by atoms with Gasteiger partial charge >= 0.3 is 0 Å². The molecule has 0 spiro atoms. The van der Waals surface area contributed by atoms with Crippen molar-refractivity contribution in [2.45, 2.75) is 0 Å². The molecular weight excluding hydrogens is 673 g/mol. The summed E-state index contributed by atoms with van der Waals surface area (Å²) in [7, 11) is 0. The number of nitrogens with zero attached hydrogens (tertiary/aromatic N) is 2. The minimum absolute atomic E-state index is 0.175. The molecule has 1 aromatic rings. The third kappa shape index (κ3) is 25.5. The molecule has 0 saturated carbocycles. The first-order valence-electron chi connectivity index (χ1n) is 13.9. The van der Waals surface area contributed by atoms with Crippen molar-refractivity contribution in [3.63, 3.8) is 0 Å². The van der Waals surface area contributed by atoms with Crippen LogP contribution < -0.4 is 11.3 Å². The van der Waals surface area contributed by atoms with Gasteiger partial charge in [0.1, 0.15) is 5.82 Å². The molecule has 5 heteroatoms. The average Bonchev–Trinajstić information content (AvgIpc) is 3.21. The Labute approximate surface area is 322 Å². The maximum Gasteiger partial charge on any atom is 0.279 e. The Balaban J connectivity index is 2.92. The molecule has 5 nitrogen and oxygen atoms in total. The minimum atomic E-state index is -0.594. The average molecular weight is 681 g/mol. The predicted molar refractivity (Wildman–Crippen MR) is 211 cm³/mol. The number of hydrogen-bond donors (Lipinski definition) is 2. The Kier molecular flexibility index (Phi) is 24.8. The number of hydrazine groups is 1. The molecule has 3 N–H and O–H groups in total. The van der Waals surface area contributed by atoms with Gasteiger partial charge in [0.2, 0.25) is 0 Å². The summed E-state index contributed by atoms with van der Waals surface area (Å²) in [6, 6.07) is 8.03. The number of aromatic nitrogens is 1. The molecule has 1 rings (SSSR count). The zero-order chi connectivity index (χ0) is 39.5. The lowest BCUT2D eigenvalue weighted by Crippen LogP contribution is -2.21. The monoisotopic (exact) mass is 680 g/mol. The van der Waals surface area contributed by atoms with E-state index in [4.69, 9.17) is 18.7 Å². The Morgan fingerprint density at radius 3 is 0.909 bits per heavy atom. The summed E-state index contributed by atoms with van der Waals surface area (Å²) in [5.41, 5.74) is 2.54. The number of nitrogens with one attached hydrogen (secondary N) is 1. The minimum Gasteiger partial charge on any atom is -0.308 e. The van der Waals surface area contributed by atoms with Gasteiger partial charge in [0.15, 0.2) is 0 Å². The van der Waals surface area contributed by atoms with E-state index in [0.29, 0.717) is 5.82 Å². The van der Waals surface area contributed by atoms with E-state index in [1.807, 2.05) is 0 Å². The Morgan fingerprint density at radius 1 is 0.436 bits per heavy atom. The van der Waals surface area contributed by atoms with Crippen LogP contribution in [0.1, 0.15) is 10.4 Å². The lowest BCUT2D eigenvalue weighted by Gasteiger charge is -2.07. The molecule has 55 heavy (non-hydrogen) atoms. The molecule has 0 saturated heterocycles. The number of carbonyl (C=O) groups is 1. The number of nitrogen functional groups attached to an aromatic ring is 1. The van der Waals surface area contributed by atoms with Crippen molar-refractivity contribution in [1.82, 2.24) is 9.88 Å². The third-order valence-corrected chi connectivity index (χ3v) is 4.09. The van der Waals surface area contributed by atoms with Gasteiger partial charge in [-0.05, 0) is 107 Å². The normalized spacial score (nSPS) is 5.22. The van der Waals surface area contributed by atoms with Crippen molar-refractivity contribution in [2.24, 2.45) is 5.84 Å². The molecule has 1 amide bonds. The van der Waals surface area contributed by atoms with Gasteiger partial charge in [-0.1, -0.05) is 0 Å². The highest BCUT2D eigenvalue weighted by Gasteiger charge is 2.12. The van der Waals surface area contributed by atoms with E-state index in [-0.39, 0.29) is 5.56 Å². The van der Waals surface area contributed by atoms with Gasteiger partial charge in [0, 0.05) is 160 Å². The molecule has 0 bridgehead atoms. The van der Waals surface area contributed by atoms with Gasteiger partial charge in [-0.25, -0.2) is 10.8 Å². The zero-order valence-corrected chi connectivity index (χ0v) is 27.8. The van der Waals surface area contributed by atoms with Crippen molar-refractivity contribution in [1.29, 1.82) is 0 Å².